The molecule has 27 heavy (non-hydrogen) atoms. The van der Waals surface area contributed by atoms with Gasteiger partial charge in [0.1, 0.15) is 5.75 Å². The van der Waals surface area contributed by atoms with Crippen LogP contribution in [0.15, 0.2) is 42.5 Å². The molecule has 142 valence electrons. The van der Waals surface area contributed by atoms with Gasteiger partial charge < -0.3 is 15.4 Å². The molecule has 0 aliphatic carbocycles. The van der Waals surface area contributed by atoms with Gasteiger partial charge in [0, 0.05) is 26.8 Å². The molecular weight excluding hydrogens is 477 g/mol. The Morgan fingerprint density at radius 2 is 1.74 bits per heavy atom. The molecule has 0 atom stereocenters. The minimum atomic E-state index is -0.295. The quantitative estimate of drug-likeness (QED) is 0.430. The van der Waals surface area contributed by atoms with E-state index in [9.17, 15) is 9.59 Å². The van der Waals surface area contributed by atoms with Crippen molar-refractivity contribution in [2.45, 2.75) is 13.8 Å². The zero-order valence-electron chi connectivity index (χ0n) is 15.1. The van der Waals surface area contributed by atoms with E-state index in [1.54, 1.807) is 30.3 Å². The van der Waals surface area contributed by atoms with Crippen LogP contribution in [-0.2, 0) is 4.79 Å². The number of ether oxygens (including phenoxy) is 1. The van der Waals surface area contributed by atoms with Crippen LogP contribution in [0.4, 0.5) is 11.4 Å². The number of thiocarbonyl (C=S) groups is 1. The van der Waals surface area contributed by atoms with Gasteiger partial charge in [0.15, 0.2) is 5.11 Å². The lowest BCUT2D eigenvalue weighted by Gasteiger charge is -2.15. The van der Waals surface area contributed by atoms with E-state index in [0.717, 1.165) is 3.57 Å². The minimum absolute atomic E-state index is 0.102. The van der Waals surface area contributed by atoms with Gasteiger partial charge >= 0.3 is 0 Å². The van der Waals surface area contributed by atoms with Gasteiger partial charge in [-0.15, -0.1) is 0 Å². The maximum atomic E-state index is 12.2. The molecule has 0 aliphatic heterocycles. The van der Waals surface area contributed by atoms with Crippen molar-refractivity contribution in [1.82, 2.24) is 5.32 Å². The molecule has 0 aliphatic rings. The molecule has 0 saturated heterocycles. The smallest absolute Gasteiger partial charge is 0.257 e. The molecule has 0 heterocycles. The Morgan fingerprint density at radius 3 is 2.33 bits per heavy atom. The Bertz CT molecular complexity index is 854. The largest absolute Gasteiger partial charge is 0.494 e. The summed E-state index contributed by atoms with van der Waals surface area (Å²) >= 11 is 7.37. The number of carbonyl (C=O) groups excluding carboxylic acids is 2. The van der Waals surface area contributed by atoms with Crippen molar-refractivity contribution in [3.8, 4) is 5.75 Å². The molecule has 0 spiro atoms. The second-order valence-electron chi connectivity index (χ2n) is 5.97. The number of benzene rings is 2. The fourth-order valence-electron chi connectivity index (χ4n) is 2.09. The molecule has 3 N–H and O–H groups in total. The summed E-state index contributed by atoms with van der Waals surface area (Å²) < 4.78 is 6.37. The van der Waals surface area contributed by atoms with E-state index in [4.69, 9.17) is 17.0 Å². The lowest BCUT2D eigenvalue weighted by molar-refractivity contribution is -0.118. The molecular formula is C19H20IN3O3S. The van der Waals surface area contributed by atoms with E-state index in [2.05, 4.69) is 38.5 Å². The van der Waals surface area contributed by atoms with Crippen LogP contribution in [0.1, 0.15) is 24.2 Å². The van der Waals surface area contributed by atoms with Crippen molar-refractivity contribution in [2.24, 2.45) is 5.92 Å². The summed E-state index contributed by atoms with van der Waals surface area (Å²) in [6.07, 6.45) is 0. The van der Waals surface area contributed by atoms with Gasteiger partial charge in [-0.05, 0) is 71.2 Å². The lowest BCUT2D eigenvalue weighted by Crippen LogP contribution is -2.34. The first kappa shape index (κ1) is 21.1. The van der Waals surface area contributed by atoms with Crippen molar-refractivity contribution >= 4 is 63.1 Å². The fraction of sp³-hybridized carbons (Fsp3) is 0.211. The van der Waals surface area contributed by atoms with Crippen LogP contribution in [0.5, 0.6) is 5.75 Å². The molecule has 8 heteroatoms. The summed E-state index contributed by atoms with van der Waals surface area (Å²) in [5.41, 5.74) is 1.71. The highest BCUT2D eigenvalue weighted by molar-refractivity contribution is 14.1. The third-order valence-electron chi connectivity index (χ3n) is 3.58. The van der Waals surface area contributed by atoms with Crippen LogP contribution in [0, 0.1) is 9.49 Å². The minimum Gasteiger partial charge on any atom is -0.494 e. The Kier molecular flexibility index (Phi) is 7.55. The molecule has 6 nitrogen and oxygen atoms in total. The number of carbonyl (C=O) groups is 2. The lowest BCUT2D eigenvalue weighted by atomic mass is 10.2. The maximum absolute atomic E-state index is 12.2. The first-order chi connectivity index (χ1) is 12.8. The molecule has 2 aromatic rings. The number of nitrogens with one attached hydrogen (secondary N) is 3. The maximum Gasteiger partial charge on any atom is 0.257 e. The highest BCUT2D eigenvalue weighted by Gasteiger charge is 2.12. The van der Waals surface area contributed by atoms with Crippen molar-refractivity contribution in [3.05, 3.63) is 51.6 Å². The molecule has 2 amide bonds. The van der Waals surface area contributed by atoms with Gasteiger partial charge in [-0.25, -0.2) is 0 Å². The van der Waals surface area contributed by atoms with E-state index in [1.807, 2.05) is 26.0 Å². The van der Waals surface area contributed by atoms with Crippen molar-refractivity contribution in [3.63, 3.8) is 0 Å². The molecule has 0 bridgehead atoms. The van der Waals surface area contributed by atoms with Gasteiger partial charge in [-0.3, -0.25) is 14.9 Å². The van der Waals surface area contributed by atoms with Crippen LogP contribution in [0.25, 0.3) is 0 Å². The van der Waals surface area contributed by atoms with Crippen LogP contribution >= 0.6 is 34.8 Å². The zero-order valence-corrected chi connectivity index (χ0v) is 18.1. The Hall–Kier alpha value is -2.20. The summed E-state index contributed by atoms with van der Waals surface area (Å²) in [5, 5.41) is 8.54. The monoisotopic (exact) mass is 497 g/mol. The molecule has 0 radical (unpaired) electrons. The van der Waals surface area contributed by atoms with Gasteiger partial charge in [0.05, 0.1) is 12.8 Å². The highest BCUT2D eigenvalue weighted by Crippen LogP contribution is 2.28. The van der Waals surface area contributed by atoms with Gasteiger partial charge in [-0.1, -0.05) is 13.8 Å². The number of hydrogen-bond acceptors (Lipinski definition) is 4. The van der Waals surface area contributed by atoms with Crippen LogP contribution in [0.2, 0.25) is 0 Å². The van der Waals surface area contributed by atoms with Crippen molar-refractivity contribution in [2.75, 3.05) is 17.7 Å². The normalized spacial score (nSPS) is 10.3. The molecule has 0 aromatic heterocycles. The number of methoxy groups -OCH3 is 1. The average molecular weight is 497 g/mol. The first-order valence-corrected chi connectivity index (χ1v) is 9.65. The zero-order chi connectivity index (χ0) is 20.0. The predicted molar refractivity (Wildman–Crippen MR) is 119 cm³/mol. The highest BCUT2D eigenvalue weighted by atomic mass is 127. The van der Waals surface area contributed by atoms with Gasteiger partial charge in [0.25, 0.3) is 5.91 Å². The predicted octanol–water partition coefficient (Wildman–Crippen LogP) is 4.02. The topological polar surface area (TPSA) is 79.5 Å². The van der Waals surface area contributed by atoms with E-state index < -0.39 is 0 Å². The van der Waals surface area contributed by atoms with Gasteiger partial charge in [-0.2, -0.15) is 0 Å². The summed E-state index contributed by atoms with van der Waals surface area (Å²) in [5.74, 6) is -0.0525. The molecule has 0 unspecified atom stereocenters. The number of rotatable bonds is 5. The standard InChI is InChI=1S/C19H20IN3O3S/c1-11(2)17(24)22-15-9-8-14(10-16(15)26-3)21-19(27)23-18(25)12-4-6-13(20)7-5-12/h4-11H,1-3H3,(H,22,24)(H2,21,23,25,27). The summed E-state index contributed by atoms with van der Waals surface area (Å²) in [6.45, 7) is 3.62. The summed E-state index contributed by atoms with van der Waals surface area (Å²) in [4.78, 5) is 24.1. The number of anilines is 2. The Balaban J connectivity index is 2.03. The molecule has 0 saturated carbocycles. The van der Waals surface area contributed by atoms with E-state index in [1.165, 1.54) is 7.11 Å². The third kappa shape index (κ3) is 6.17. The number of hydrogen-bond donors (Lipinski definition) is 3. The van der Waals surface area contributed by atoms with Crippen LogP contribution in [0.3, 0.4) is 0 Å². The molecule has 2 aromatic carbocycles. The second-order valence-corrected chi connectivity index (χ2v) is 7.63. The fourth-order valence-corrected chi connectivity index (χ4v) is 2.66. The Labute approximate surface area is 177 Å². The number of amides is 2. The van der Waals surface area contributed by atoms with Gasteiger partial charge in [0.2, 0.25) is 5.91 Å². The SMILES string of the molecule is COc1cc(NC(=S)NC(=O)c2ccc(I)cc2)ccc1NC(=O)C(C)C. The van der Waals surface area contributed by atoms with Crippen LogP contribution in [-0.4, -0.2) is 24.0 Å². The van der Waals surface area contributed by atoms with E-state index in [0.29, 0.717) is 22.7 Å². The van der Waals surface area contributed by atoms with Crippen molar-refractivity contribution < 1.29 is 14.3 Å². The van der Waals surface area contributed by atoms with Crippen molar-refractivity contribution in [1.29, 1.82) is 0 Å². The van der Waals surface area contributed by atoms with E-state index >= 15 is 0 Å². The van der Waals surface area contributed by atoms with E-state index in [-0.39, 0.29) is 22.8 Å². The summed E-state index contributed by atoms with van der Waals surface area (Å²) in [6, 6.07) is 12.3. The van der Waals surface area contributed by atoms with Crippen LogP contribution < -0.4 is 20.7 Å². The average Bonchev–Trinajstić information content (AvgIpc) is 2.63. The summed E-state index contributed by atoms with van der Waals surface area (Å²) in [7, 11) is 1.51. The third-order valence-corrected chi connectivity index (χ3v) is 4.50. The second kappa shape index (κ2) is 9.65. The Morgan fingerprint density at radius 1 is 1.07 bits per heavy atom. The molecule has 0 fully saturated rings. The molecule has 2 rings (SSSR count). The first-order valence-electron chi connectivity index (χ1n) is 8.17. The number of halogens is 1.